The molecule has 0 bridgehead atoms. The molecule has 0 aliphatic rings. The van der Waals surface area contributed by atoms with Gasteiger partial charge in [0.2, 0.25) is 0 Å². The molecule has 3 N–H and O–H groups in total. The van der Waals surface area contributed by atoms with Crippen LogP contribution in [0.4, 0.5) is 5.69 Å². The van der Waals surface area contributed by atoms with Crippen molar-refractivity contribution in [1.82, 2.24) is 0 Å². The van der Waals surface area contributed by atoms with Crippen LogP contribution in [0.3, 0.4) is 0 Å². The Morgan fingerprint density at radius 2 is 1.86 bits per heavy atom. The lowest BCUT2D eigenvalue weighted by atomic mass is 9.93. The number of benzene rings is 2. The first-order valence-electron chi connectivity index (χ1n) is 7.31. The van der Waals surface area contributed by atoms with Gasteiger partial charge >= 0.3 is 0 Å². The van der Waals surface area contributed by atoms with Crippen molar-refractivity contribution in [3.63, 3.8) is 0 Å². The van der Waals surface area contributed by atoms with E-state index in [-0.39, 0.29) is 5.54 Å². The second-order valence-corrected chi connectivity index (χ2v) is 6.25. The van der Waals surface area contributed by atoms with Gasteiger partial charge in [0.15, 0.2) is 0 Å². The molecule has 0 fully saturated rings. The van der Waals surface area contributed by atoms with Gasteiger partial charge in [-0.1, -0.05) is 48.0 Å². The smallest absolute Gasteiger partial charge is 0.0470 e. The highest BCUT2D eigenvalue weighted by Crippen LogP contribution is 2.24. The number of hydrogen-bond donors (Lipinski definition) is 2. The van der Waals surface area contributed by atoms with E-state index in [1.54, 1.807) is 0 Å². The van der Waals surface area contributed by atoms with Crippen LogP contribution in [0.2, 0.25) is 5.02 Å². The third-order valence-electron chi connectivity index (χ3n) is 3.88. The third-order valence-corrected chi connectivity index (χ3v) is 4.28. The molecule has 2 nitrogen and oxygen atoms in total. The van der Waals surface area contributed by atoms with Crippen molar-refractivity contribution >= 4 is 17.3 Å². The van der Waals surface area contributed by atoms with E-state index in [1.165, 1.54) is 5.56 Å². The molecule has 3 heteroatoms. The summed E-state index contributed by atoms with van der Waals surface area (Å²) in [7, 11) is 0. The second-order valence-electron chi connectivity index (χ2n) is 5.84. The molecule has 0 aromatic heterocycles. The Morgan fingerprint density at radius 3 is 2.48 bits per heavy atom. The molecular weight excluding hydrogens is 280 g/mol. The molecule has 2 rings (SSSR count). The fourth-order valence-electron chi connectivity index (χ4n) is 2.30. The lowest BCUT2D eigenvalue weighted by Gasteiger charge is -2.31. The third kappa shape index (κ3) is 4.48. The molecule has 1 atom stereocenters. The summed E-state index contributed by atoms with van der Waals surface area (Å²) in [4.78, 5) is 0. The van der Waals surface area contributed by atoms with Gasteiger partial charge in [0.25, 0.3) is 0 Å². The van der Waals surface area contributed by atoms with Gasteiger partial charge in [-0.05, 0) is 49.9 Å². The number of anilines is 1. The lowest BCUT2D eigenvalue weighted by Crippen LogP contribution is -2.43. The van der Waals surface area contributed by atoms with Gasteiger partial charge in [-0.3, -0.25) is 0 Å². The standard InChI is InChI=1S/C18H23ClN2/c1-14-8-9-16(12-17(14)19)21-18(2,13-20)11-10-15-6-4-3-5-7-15/h3-9,12,21H,10-11,13,20H2,1-2H3. The number of aryl methyl sites for hydroxylation is 2. The van der Waals surface area contributed by atoms with E-state index in [1.807, 2.05) is 25.1 Å². The van der Waals surface area contributed by atoms with E-state index in [2.05, 4.69) is 42.6 Å². The van der Waals surface area contributed by atoms with Crippen molar-refractivity contribution in [3.8, 4) is 0 Å². The predicted octanol–water partition coefficient (Wildman–Crippen LogP) is 4.41. The minimum atomic E-state index is -0.144. The number of rotatable bonds is 6. The SMILES string of the molecule is Cc1ccc(NC(C)(CN)CCc2ccccc2)cc1Cl. The van der Waals surface area contributed by atoms with Crippen molar-refractivity contribution in [2.45, 2.75) is 32.2 Å². The first-order valence-corrected chi connectivity index (χ1v) is 7.68. The summed E-state index contributed by atoms with van der Waals surface area (Å²) in [6, 6.07) is 16.5. The van der Waals surface area contributed by atoms with Crippen molar-refractivity contribution in [3.05, 3.63) is 64.7 Å². The maximum Gasteiger partial charge on any atom is 0.0470 e. The maximum atomic E-state index is 6.19. The van der Waals surface area contributed by atoms with E-state index in [0.717, 1.165) is 29.1 Å². The molecule has 112 valence electrons. The van der Waals surface area contributed by atoms with Gasteiger partial charge in [-0.15, -0.1) is 0 Å². The van der Waals surface area contributed by atoms with Crippen LogP contribution in [0.25, 0.3) is 0 Å². The van der Waals surface area contributed by atoms with Gasteiger partial charge in [-0.25, -0.2) is 0 Å². The van der Waals surface area contributed by atoms with Crippen molar-refractivity contribution in [2.75, 3.05) is 11.9 Å². The zero-order valence-electron chi connectivity index (χ0n) is 12.7. The quantitative estimate of drug-likeness (QED) is 0.829. The molecule has 0 radical (unpaired) electrons. The van der Waals surface area contributed by atoms with Gasteiger partial charge < -0.3 is 11.1 Å². The molecule has 2 aromatic rings. The molecule has 1 unspecified atom stereocenters. The van der Waals surface area contributed by atoms with Gasteiger partial charge in [0, 0.05) is 22.8 Å². The van der Waals surface area contributed by atoms with E-state index in [4.69, 9.17) is 17.3 Å². The summed E-state index contributed by atoms with van der Waals surface area (Å²) in [5.74, 6) is 0. The average molecular weight is 303 g/mol. The Hall–Kier alpha value is -1.51. The first-order chi connectivity index (χ1) is 10.0. The highest BCUT2D eigenvalue weighted by atomic mass is 35.5. The Kier molecular flexibility index (Phi) is 5.27. The summed E-state index contributed by atoms with van der Waals surface area (Å²) >= 11 is 6.19. The normalized spacial score (nSPS) is 13.7. The number of hydrogen-bond acceptors (Lipinski definition) is 2. The molecule has 0 saturated carbocycles. The molecule has 0 aliphatic heterocycles. The predicted molar refractivity (Wildman–Crippen MR) is 92.0 cm³/mol. The van der Waals surface area contributed by atoms with E-state index in [0.29, 0.717) is 6.54 Å². The van der Waals surface area contributed by atoms with Gasteiger partial charge in [0.05, 0.1) is 0 Å². The summed E-state index contributed by atoms with van der Waals surface area (Å²) in [6.45, 7) is 4.73. The van der Waals surface area contributed by atoms with Crippen molar-refractivity contribution in [1.29, 1.82) is 0 Å². The zero-order valence-corrected chi connectivity index (χ0v) is 13.5. The monoisotopic (exact) mass is 302 g/mol. The average Bonchev–Trinajstić information content (AvgIpc) is 2.50. The van der Waals surface area contributed by atoms with Crippen LogP contribution in [0.1, 0.15) is 24.5 Å². The van der Waals surface area contributed by atoms with Crippen LogP contribution in [0, 0.1) is 6.92 Å². The van der Waals surface area contributed by atoms with Crippen LogP contribution in [-0.2, 0) is 6.42 Å². The number of halogens is 1. The summed E-state index contributed by atoms with van der Waals surface area (Å²) in [6.07, 6.45) is 1.97. The Labute approximate surface area is 132 Å². The highest BCUT2D eigenvalue weighted by Gasteiger charge is 2.22. The fourth-order valence-corrected chi connectivity index (χ4v) is 2.48. The summed E-state index contributed by atoms with van der Waals surface area (Å²) in [5.41, 5.74) is 9.29. The molecule has 21 heavy (non-hydrogen) atoms. The van der Waals surface area contributed by atoms with Crippen molar-refractivity contribution in [2.24, 2.45) is 5.73 Å². The molecule has 0 aliphatic carbocycles. The van der Waals surface area contributed by atoms with Crippen LogP contribution in [-0.4, -0.2) is 12.1 Å². The topological polar surface area (TPSA) is 38.0 Å². The minimum absolute atomic E-state index is 0.144. The Balaban J connectivity index is 2.04. The highest BCUT2D eigenvalue weighted by molar-refractivity contribution is 6.31. The fraction of sp³-hybridized carbons (Fsp3) is 0.333. The van der Waals surface area contributed by atoms with E-state index >= 15 is 0 Å². The molecule has 0 amide bonds. The summed E-state index contributed by atoms with van der Waals surface area (Å²) < 4.78 is 0. The second kappa shape index (κ2) is 6.97. The minimum Gasteiger partial charge on any atom is -0.379 e. The molecule has 2 aromatic carbocycles. The maximum absolute atomic E-state index is 6.19. The molecule has 0 spiro atoms. The van der Waals surface area contributed by atoms with E-state index < -0.39 is 0 Å². The van der Waals surface area contributed by atoms with Crippen molar-refractivity contribution < 1.29 is 0 Å². The van der Waals surface area contributed by atoms with Gasteiger partial charge in [0.1, 0.15) is 0 Å². The first kappa shape index (κ1) is 15.9. The van der Waals surface area contributed by atoms with Crippen LogP contribution in [0.15, 0.2) is 48.5 Å². The Morgan fingerprint density at radius 1 is 1.14 bits per heavy atom. The largest absolute Gasteiger partial charge is 0.379 e. The van der Waals surface area contributed by atoms with Crippen LogP contribution in [0.5, 0.6) is 0 Å². The number of nitrogens with two attached hydrogens (primary N) is 1. The molecule has 0 heterocycles. The Bertz CT molecular complexity index is 583. The van der Waals surface area contributed by atoms with E-state index in [9.17, 15) is 0 Å². The summed E-state index contributed by atoms with van der Waals surface area (Å²) in [5, 5.41) is 4.31. The molecular formula is C18H23ClN2. The number of nitrogens with one attached hydrogen (secondary N) is 1. The zero-order chi connectivity index (χ0) is 15.3. The lowest BCUT2D eigenvalue weighted by molar-refractivity contribution is 0.483. The van der Waals surface area contributed by atoms with Crippen LogP contribution < -0.4 is 11.1 Å². The van der Waals surface area contributed by atoms with Gasteiger partial charge in [-0.2, -0.15) is 0 Å². The van der Waals surface area contributed by atoms with Crippen LogP contribution >= 0.6 is 11.6 Å². The molecule has 0 saturated heterocycles.